The molecule has 2 N–H and O–H groups in total. The van der Waals surface area contributed by atoms with Gasteiger partial charge in [0.1, 0.15) is 4.88 Å². The maximum absolute atomic E-state index is 13.0. The van der Waals surface area contributed by atoms with Crippen LogP contribution in [0.4, 0.5) is 0 Å². The van der Waals surface area contributed by atoms with E-state index in [1.807, 2.05) is 18.2 Å². The Hall–Kier alpha value is -1.89. The van der Waals surface area contributed by atoms with Crippen LogP contribution in [-0.2, 0) is 21.5 Å². The van der Waals surface area contributed by atoms with E-state index in [0.29, 0.717) is 37.6 Å². The number of hydrogen-bond acceptors (Lipinski definition) is 4. The molecule has 0 radical (unpaired) electrons. The zero-order valence-corrected chi connectivity index (χ0v) is 15.0. The third-order valence-electron chi connectivity index (χ3n) is 4.47. The number of thiophene rings is 1. The van der Waals surface area contributed by atoms with Crippen molar-refractivity contribution in [2.45, 2.75) is 24.8 Å². The maximum Gasteiger partial charge on any atom is 0.345 e. The van der Waals surface area contributed by atoms with Gasteiger partial charge in [-0.2, -0.15) is 0 Å². The van der Waals surface area contributed by atoms with Crippen molar-refractivity contribution in [1.29, 1.82) is 0 Å². The van der Waals surface area contributed by atoms with E-state index in [2.05, 4.69) is 5.32 Å². The second-order valence-electron chi connectivity index (χ2n) is 5.93. The lowest BCUT2D eigenvalue weighted by Gasteiger charge is -2.36. The molecule has 0 bridgehead atoms. The molecule has 5 nitrogen and oxygen atoms in total. The number of ether oxygens (including phenoxy) is 1. The standard InChI is InChI=1S/C18H18ClNO4S/c19-14-4-2-1-3-13(14)18(7-9-24-10-8-18)17(23)20-11-12-5-6-15(25-12)16(21)22/h1-6H,7-11H2,(H,20,23)(H,21,22). The first-order valence-corrected chi connectivity index (χ1v) is 9.15. The van der Waals surface area contributed by atoms with E-state index in [9.17, 15) is 9.59 Å². The molecule has 1 aliphatic heterocycles. The van der Waals surface area contributed by atoms with Crippen molar-refractivity contribution in [2.24, 2.45) is 0 Å². The third-order valence-corrected chi connectivity index (χ3v) is 5.87. The van der Waals surface area contributed by atoms with E-state index < -0.39 is 11.4 Å². The fourth-order valence-electron chi connectivity index (χ4n) is 3.11. The summed E-state index contributed by atoms with van der Waals surface area (Å²) in [6, 6.07) is 10.7. The Labute approximate surface area is 154 Å². The number of nitrogens with one attached hydrogen (secondary N) is 1. The molecule has 25 heavy (non-hydrogen) atoms. The molecular weight excluding hydrogens is 362 g/mol. The van der Waals surface area contributed by atoms with Crippen LogP contribution in [0.25, 0.3) is 0 Å². The number of carbonyl (C=O) groups excluding carboxylic acids is 1. The zero-order chi connectivity index (χ0) is 17.9. The number of carboxylic acids is 1. The number of halogens is 1. The summed E-state index contributed by atoms with van der Waals surface area (Å²) in [4.78, 5) is 25.1. The predicted molar refractivity (Wildman–Crippen MR) is 96.3 cm³/mol. The van der Waals surface area contributed by atoms with Crippen molar-refractivity contribution in [1.82, 2.24) is 5.32 Å². The van der Waals surface area contributed by atoms with Gasteiger partial charge in [-0.25, -0.2) is 4.79 Å². The first-order chi connectivity index (χ1) is 12.0. The van der Waals surface area contributed by atoms with Gasteiger partial charge in [-0.15, -0.1) is 11.3 Å². The van der Waals surface area contributed by atoms with E-state index in [0.717, 1.165) is 21.8 Å². The maximum atomic E-state index is 13.0. The van der Waals surface area contributed by atoms with Crippen LogP contribution in [0.2, 0.25) is 5.02 Å². The predicted octanol–water partition coefficient (Wildman–Crippen LogP) is 3.46. The summed E-state index contributed by atoms with van der Waals surface area (Å²) in [5.41, 5.74) is 0.0959. The molecule has 1 fully saturated rings. The number of amides is 1. The summed E-state index contributed by atoms with van der Waals surface area (Å²) >= 11 is 7.52. The first kappa shape index (κ1) is 17.9. The SMILES string of the molecule is O=C(O)c1ccc(CNC(=O)C2(c3ccccc3Cl)CCOCC2)s1. The second-order valence-corrected chi connectivity index (χ2v) is 7.50. The number of carbonyl (C=O) groups is 2. The van der Waals surface area contributed by atoms with Crippen LogP contribution in [0.3, 0.4) is 0 Å². The molecule has 1 saturated heterocycles. The van der Waals surface area contributed by atoms with Gasteiger partial charge in [0, 0.05) is 23.1 Å². The van der Waals surface area contributed by atoms with Gasteiger partial charge in [0.2, 0.25) is 5.91 Å². The van der Waals surface area contributed by atoms with Crippen LogP contribution in [-0.4, -0.2) is 30.2 Å². The Morgan fingerprint density at radius 1 is 1.20 bits per heavy atom. The van der Waals surface area contributed by atoms with Crippen LogP contribution in [0.1, 0.15) is 33.0 Å². The lowest BCUT2D eigenvalue weighted by molar-refractivity contribution is -0.130. The van der Waals surface area contributed by atoms with Gasteiger partial charge in [-0.1, -0.05) is 29.8 Å². The first-order valence-electron chi connectivity index (χ1n) is 7.96. The van der Waals surface area contributed by atoms with Crippen molar-refractivity contribution in [3.05, 3.63) is 56.7 Å². The lowest BCUT2D eigenvalue weighted by Crippen LogP contribution is -2.48. The van der Waals surface area contributed by atoms with Gasteiger partial charge in [-0.05, 0) is 36.6 Å². The Balaban J connectivity index is 1.80. The van der Waals surface area contributed by atoms with Gasteiger partial charge < -0.3 is 15.2 Å². The van der Waals surface area contributed by atoms with Crippen LogP contribution >= 0.6 is 22.9 Å². The molecule has 1 amide bonds. The van der Waals surface area contributed by atoms with Crippen molar-refractivity contribution < 1.29 is 19.4 Å². The van der Waals surface area contributed by atoms with Crippen molar-refractivity contribution in [3.8, 4) is 0 Å². The normalized spacial score (nSPS) is 16.4. The zero-order valence-electron chi connectivity index (χ0n) is 13.5. The Bertz CT molecular complexity index is 783. The summed E-state index contributed by atoms with van der Waals surface area (Å²) in [6.07, 6.45) is 1.13. The number of hydrogen-bond donors (Lipinski definition) is 2. The highest BCUT2D eigenvalue weighted by atomic mass is 35.5. The number of benzene rings is 1. The summed E-state index contributed by atoms with van der Waals surface area (Å²) in [5.74, 6) is -1.06. The molecule has 1 aliphatic rings. The van der Waals surface area contributed by atoms with E-state index in [1.165, 1.54) is 0 Å². The Morgan fingerprint density at radius 3 is 2.56 bits per heavy atom. The molecule has 0 saturated carbocycles. The lowest BCUT2D eigenvalue weighted by atomic mass is 9.73. The van der Waals surface area contributed by atoms with Crippen LogP contribution in [0.15, 0.2) is 36.4 Å². The highest BCUT2D eigenvalue weighted by molar-refractivity contribution is 7.13. The van der Waals surface area contributed by atoms with E-state index >= 15 is 0 Å². The smallest absolute Gasteiger partial charge is 0.345 e. The van der Waals surface area contributed by atoms with Crippen molar-refractivity contribution in [3.63, 3.8) is 0 Å². The molecule has 3 rings (SSSR count). The van der Waals surface area contributed by atoms with Crippen molar-refractivity contribution in [2.75, 3.05) is 13.2 Å². The topological polar surface area (TPSA) is 75.6 Å². The third kappa shape index (κ3) is 3.71. The average Bonchev–Trinajstić information content (AvgIpc) is 3.10. The minimum Gasteiger partial charge on any atom is -0.477 e. The van der Waals surface area contributed by atoms with E-state index in [-0.39, 0.29) is 10.8 Å². The summed E-state index contributed by atoms with van der Waals surface area (Å²) in [7, 11) is 0. The molecule has 7 heteroatoms. The highest BCUT2D eigenvalue weighted by Gasteiger charge is 2.42. The quantitative estimate of drug-likeness (QED) is 0.834. The van der Waals surface area contributed by atoms with Crippen LogP contribution in [0.5, 0.6) is 0 Å². The minimum atomic E-state index is -0.959. The summed E-state index contributed by atoms with van der Waals surface area (Å²) in [6.45, 7) is 1.30. The second kappa shape index (κ2) is 7.56. The van der Waals surface area contributed by atoms with E-state index in [4.69, 9.17) is 21.4 Å². The van der Waals surface area contributed by atoms with Crippen LogP contribution < -0.4 is 5.32 Å². The van der Waals surface area contributed by atoms with Gasteiger partial charge in [-0.3, -0.25) is 4.79 Å². The fourth-order valence-corrected chi connectivity index (χ4v) is 4.22. The monoisotopic (exact) mass is 379 g/mol. The number of rotatable bonds is 5. The molecular formula is C18H18ClNO4S. The molecule has 0 aliphatic carbocycles. The number of aromatic carboxylic acids is 1. The van der Waals surface area contributed by atoms with Crippen LogP contribution in [0, 0.1) is 0 Å². The molecule has 0 unspecified atom stereocenters. The number of carboxylic acid groups (broad SMARTS) is 1. The molecule has 132 valence electrons. The van der Waals surface area contributed by atoms with Crippen molar-refractivity contribution >= 4 is 34.8 Å². The van der Waals surface area contributed by atoms with Gasteiger partial charge in [0.05, 0.1) is 12.0 Å². The highest BCUT2D eigenvalue weighted by Crippen LogP contribution is 2.39. The molecule has 1 aromatic heterocycles. The Morgan fingerprint density at radius 2 is 1.92 bits per heavy atom. The average molecular weight is 380 g/mol. The molecule has 0 spiro atoms. The Kier molecular flexibility index (Phi) is 5.42. The van der Waals surface area contributed by atoms with E-state index in [1.54, 1.807) is 18.2 Å². The minimum absolute atomic E-state index is 0.103. The molecule has 2 heterocycles. The molecule has 1 aromatic carbocycles. The fraction of sp³-hybridized carbons (Fsp3) is 0.333. The largest absolute Gasteiger partial charge is 0.477 e. The summed E-state index contributed by atoms with van der Waals surface area (Å²) < 4.78 is 5.44. The molecule has 2 aromatic rings. The van der Waals surface area contributed by atoms with Gasteiger partial charge in [0.15, 0.2) is 0 Å². The molecule has 0 atom stereocenters. The van der Waals surface area contributed by atoms with Gasteiger partial charge >= 0.3 is 5.97 Å². The summed E-state index contributed by atoms with van der Waals surface area (Å²) in [5, 5.41) is 12.5. The van der Waals surface area contributed by atoms with Gasteiger partial charge in [0.25, 0.3) is 0 Å².